The third-order valence-corrected chi connectivity index (χ3v) is 2.64. The first kappa shape index (κ1) is 16.8. The molecule has 0 unspecified atom stereocenters. The molecule has 0 heterocycles. The van der Waals surface area contributed by atoms with Gasteiger partial charge in [-0.2, -0.15) is 0 Å². The van der Waals surface area contributed by atoms with Gasteiger partial charge in [-0.25, -0.2) is 9.59 Å². The van der Waals surface area contributed by atoms with Crippen LogP contribution < -0.4 is 15.4 Å². The Bertz CT molecular complexity index is 535. The zero-order chi connectivity index (χ0) is 15.8. The van der Waals surface area contributed by atoms with Crippen molar-refractivity contribution < 1.29 is 23.9 Å². The van der Waals surface area contributed by atoms with Crippen molar-refractivity contribution in [3.05, 3.63) is 29.3 Å². The fourth-order valence-corrected chi connectivity index (χ4v) is 1.45. The summed E-state index contributed by atoms with van der Waals surface area (Å²) in [4.78, 5) is 33.9. The van der Waals surface area contributed by atoms with E-state index in [9.17, 15) is 14.4 Å². The van der Waals surface area contributed by atoms with E-state index in [1.807, 2.05) is 5.32 Å². The lowest BCUT2D eigenvalue weighted by Crippen LogP contribution is -2.43. The number of hydrogen-bond donors (Lipinski definition) is 2. The van der Waals surface area contributed by atoms with E-state index in [2.05, 4.69) is 5.32 Å². The summed E-state index contributed by atoms with van der Waals surface area (Å²) >= 11 is 5.85. The SMILES string of the molecule is CNC(=O)NC(=O)[C@@H](C)OC(=O)COc1ccccc1Cl. The lowest BCUT2D eigenvalue weighted by atomic mass is 10.3. The van der Waals surface area contributed by atoms with Crippen LogP contribution in [0.2, 0.25) is 5.02 Å². The molecule has 0 saturated heterocycles. The van der Waals surface area contributed by atoms with Crippen molar-refractivity contribution >= 4 is 29.5 Å². The molecule has 114 valence electrons. The average Bonchev–Trinajstić information content (AvgIpc) is 2.46. The van der Waals surface area contributed by atoms with E-state index in [0.29, 0.717) is 10.8 Å². The molecule has 0 radical (unpaired) electrons. The third-order valence-electron chi connectivity index (χ3n) is 2.32. The maximum Gasteiger partial charge on any atom is 0.344 e. The number of amides is 3. The minimum absolute atomic E-state index is 0.332. The average molecular weight is 315 g/mol. The van der Waals surface area contributed by atoms with Gasteiger partial charge in [0, 0.05) is 7.05 Å². The number of para-hydroxylation sites is 1. The van der Waals surface area contributed by atoms with Crippen LogP contribution in [-0.4, -0.2) is 37.7 Å². The van der Waals surface area contributed by atoms with Crippen LogP contribution in [0, 0.1) is 0 Å². The van der Waals surface area contributed by atoms with E-state index < -0.39 is 30.6 Å². The standard InChI is InChI=1S/C13H15ClN2O5/c1-8(12(18)16-13(19)15-2)21-11(17)7-20-10-6-4-3-5-9(10)14/h3-6,8H,7H2,1-2H3,(H2,15,16,18,19)/t8-/m1/s1. The predicted octanol–water partition coefficient (Wildman–Crippen LogP) is 1.11. The summed E-state index contributed by atoms with van der Waals surface area (Å²) in [6.07, 6.45) is -1.12. The van der Waals surface area contributed by atoms with Gasteiger partial charge in [-0.3, -0.25) is 10.1 Å². The van der Waals surface area contributed by atoms with Crippen LogP contribution in [0.25, 0.3) is 0 Å². The van der Waals surface area contributed by atoms with E-state index >= 15 is 0 Å². The van der Waals surface area contributed by atoms with Crippen LogP contribution in [0.5, 0.6) is 5.75 Å². The zero-order valence-electron chi connectivity index (χ0n) is 11.5. The number of imide groups is 1. The number of urea groups is 1. The van der Waals surface area contributed by atoms with Gasteiger partial charge < -0.3 is 14.8 Å². The van der Waals surface area contributed by atoms with Gasteiger partial charge in [0.25, 0.3) is 5.91 Å². The summed E-state index contributed by atoms with van der Waals surface area (Å²) in [6, 6.07) is 5.94. The minimum atomic E-state index is -1.12. The van der Waals surface area contributed by atoms with Crippen molar-refractivity contribution in [1.29, 1.82) is 0 Å². The molecule has 7 nitrogen and oxygen atoms in total. The van der Waals surface area contributed by atoms with Crippen molar-refractivity contribution in [3.8, 4) is 5.75 Å². The van der Waals surface area contributed by atoms with Gasteiger partial charge in [0.15, 0.2) is 12.7 Å². The number of carbonyl (C=O) groups is 3. The first-order chi connectivity index (χ1) is 9.93. The van der Waals surface area contributed by atoms with Crippen LogP contribution in [0.4, 0.5) is 4.79 Å². The summed E-state index contributed by atoms with van der Waals surface area (Å²) in [5.74, 6) is -1.16. The second-order valence-corrected chi connectivity index (χ2v) is 4.33. The topological polar surface area (TPSA) is 93.7 Å². The highest BCUT2D eigenvalue weighted by Crippen LogP contribution is 2.22. The molecule has 0 saturated carbocycles. The van der Waals surface area contributed by atoms with Gasteiger partial charge in [-0.05, 0) is 19.1 Å². The highest BCUT2D eigenvalue weighted by molar-refractivity contribution is 6.32. The first-order valence-electron chi connectivity index (χ1n) is 6.03. The van der Waals surface area contributed by atoms with Gasteiger partial charge in [-0.15, -0.1) is 0 Å². The maximum absolute atomic E-state index is 11.5. The molecule has 0 spiro atoms. The summed E-state index contributed by atoms with van der Waals surface area (Å²) in [5.41, 5.74) is 0. The Labute approximate surface area is 126 Å². The van der Waals surface area contributed by atoms with Gasteiger partial charge in [-0.1, -0.05) is 23.7 Å². The Kier molecular flexibility index (Phi) is 6.48. The van der Waals surface area contributed by atoms with Crippen LogP contribution in [-0.2, 0) is 14.3 Å². The number of carbonyl (C=O) groups excluding carboxylic acids is 3. The second kappa shape index (κ2) is 8.11. The lowest BCUT2D eigenvalue weighted by Gasteiger charge is -2.13. The van der Waals surface area contributed by atoms with E-state index in [0.717, 1.165) is 0 Å². The smallest absolute Gasteiger partial charge is 0.344 e. The summed E-state index contributed by atoms with van der Waals surface area (Å²) in [6.45, 7) is 0.937. The van der Waals surface area contributed by atoms with Crippen LogP contribution >= 0.6 is 11.6 Å². The number of nitrogens with one attached hydrogen (secondary N) is 2. The molecule has 0 bridgehead atoms. The molecule has 1 atom stereocenters. The monoisotopic (exact) mass is 314 g/mol. The van der Waals surface area contributed by atoms with Gasteiger partial charge in [0.1, 0.15) is 5.75 Å². The zero-order valence-corrected chi connectivity index (χ0v) is 12.3. The molecule has 0 aliphatic heterocycles. The van der Waals surface area contributed by atoms with Crippen molar-refractivity contribution in [2.45, 2.75) is 13.0 Å². The number of benzene rings is 1. The highest BCUT2D eigenvalue weighted by atomic mass is 35.5. The Balaban J connectivity index is 2.41. The van der Waals surface area contributed by atoms with E-state index in [4.69, 9.17) is 21.1 Å². The van der Waals surface area contributed by atoms with Crippen molar-refractivity contribution in [1.82, 2.24) is 10.6 Å². The van der Waals surface area contributed by atoms with Crippen molar-refractivity contribution in [2.24, 2.45) is 0 Å². The Morgan fingerprint density at radius 2 is 1.95 bits per heavy atom. The van der Waals surface area contributed by atoms with Crippen LogP contribution in [0.1, 0.15) is 6.92 Å². The number of hydrogen-bond acceptors (Lipinski definition) is 5. The fourth-order valence-electron chi connectivity index (χ4n) is 1.26. The third kappa shape index (κ3) is 5.70. The molecule has 21 heavy (non-hydrogen) atoms. The van der Waals surface area contributed by atoms with E-state index in [1.54, 1.807) is 24.3 Å². The normalized spacial score (nSPS) is 11.2. The lowest BCUT2D eigenvalue weighted by molar-refractivity contribution is -0.156. The fraction of sp³-hybridized carbons (Fsp3) is 0.308. The molecule has 0 aliphatic carbocycles. The molecule has 8 heteroatoms. The van der Waals surface area contributed by atoms with Crippen LogP contribution in [0.15, 0.2) is 24.3 Å². The van der Waals surface area contributed by atoms with E-state index in [-0.39, 0.29) is 0 Å². The number of ether oxygens (including phenoxy) is 2. The summed E-state index contributed by atoms with van der Waals surface area (Å²) < 4.78 is 9.98. The minimum Gasteiger partial charge on any atom is -0.480 e. The number of esters is 1. The number of rotatable bonds is 5. The van der Waals surface area contributed by atoms with Gasteiger partial charge >= 0.3 is 12.0 Å². The maximum atomic E-state index is 11.5. The summed E-state index contributed by atoms with van der Waals surface area (Å²) in [5, 5.41) is 4.55. The van der Waals surface area contributed by atoms with Crippen LogP contribution in [0.3, 0.4) is 0 Å². The molecule has 2 N–H and O–H groups in total. The Morgan fingerprint density at radius 1 is 1.29 bits per heavy atom. The molecule has 1 aromatic carbocycles. The molecule has 0 aliphatic rings. The Hall–Kier alpha value is -2.28. The Morgan fingerprint density at radius 3 is 2.57 bits per heavy atom. The largest absolute Gasteiger partial charge is 0.480 e. The molecule has 1 rings (SSSR count). The first-order valence-corrected chi connectivity index (χ1v) is 6.41. The highest BCUT2D eigenvalue weighted by Gasteiger charge is 2.19. The molecule has 1 aromatic rings. The van der Waals surface area contributed by atoms with Crippen molar-refractivity contribution in [2.75, 3.05) is 13.7 Å². The van der Waals surface area contributed by atoms with Crippen molar-refractivity contribution in [3.63, 3.8) is 0 Å². The molecular weight excluding hydrogens is 300 g/mol. The molecule has 0 fully saturated rings. The van der Waals surface area contributed by atoms with Gasteiger partial charge in [0.2, 0.25) is 0 Å². The summed E-state index contributed by atoms with van der Waals surface area (Å²) in [7, 11) is 1.36. The molecule has 0 aromatic heterocycles. The quantitative estimate of drug-likeness (QED) is 0.794. The van der Waals surface area contributed by atoms with Gasteiger partial charge in [0.05, 0.1) is 5.02 Å². The number of halogens is 1. The molecule has 3 amide bonds. The second-order valence-electron chi connectivity index (χ2n) is 3.92. The van der Waals surface area contributed by atoms with E-state index in [1.165, 1.54) is 14.0 Å². The predicted molar refractivity (Wildman–Crippen MR) is 75.1 cm³/mol. The molecular formula is C13H15ClN2O5.